The van der Waals surface area contributed by atoms with Crippen LogP contribution in [-0.2, 0) is 14.8 Å². The highest BCUT2D eigenvalue weighted by Gasteiger charge is 2.29. The number of amides is 1. The quantitative estimate of drug-likeness (QED) is 0.819. The van der Waals surface area contributed by atoms with Crippen LogP contribution < -0.4 is 9.62 Å². The molecule has 2 rings (SSSR count). The van der Waals surface area contributed by atoms with Crippen LogP contribution >= 0.6 is 15.9 Å². The smallest absolute Gasteiger partial charge is 0.248 e. The second-order valence-electron chi connectivity index (χ2n) is 5.54. The van der Waals surface area contributed by atoms with E-state index in [-0.39, 0.29) is 0 Å². The Labute approximate surface area is 150 Å². The van der Waals surface area contributed by atoms with Crippen LogP contribution in [-0.4, -0.2) is 26.6 Å². The Morgan fingerprint density at radius 1 is 1.17 bits per heavy atom. The van der Waals surface area contributed by atoms with Crippen LogP contribution in [0.4, 0.5) is 11.4 Å². The number of nitrogens with one attached hydrogen (secondary N) is 1. The molecule has 7 heteroatoms. The molecular formula is C17H19BrN2O3S. The van der Waals surface area contributed by atoms with Crippen LogP contribution in [0.2, 0.25) is 0 Å². The monoisotopic (exact) mass is 410 g/mol. The molecule has 0 radical (unpaired) electrons. The summed E-state index contributed by atoms with van der Waals surface area (Å²) < 4.78 is 26.4. The molecule has 2 aromatic carbocycles. The number of hydrogen-bond donors (Lipinski definition) is 1. The molecule has 1 unspecified atom stereocenters. The van der Waals surface area contributed by atoms with E-state index in [4.69, 9.17) is 0 Å². The molecule has 0 aliphatic carbocycles. The molecule has 1 amide bonds. The highest BCUT2D eigenvalue weighted by Crippen LogP contribution is 2.25. The molecule has 0 saturated carbocycles. The van der Waals surface area contributed by atoms with Gasteiger partial charge in [0.25, 0.3) is 0 Å². The fraction of sp³-hybridized carbons (Fsp3) is 0.235. The number of carbonyl (C=O) groups excluding carboxylic acids is 1. The van der Waals surface area contributed by atoms with Gasteiger partial charge in [0, 0.05) is 4.47 Å². The summed E-state index contributed by atoms with van der Waals surface area (Å²) in [5.41, 5.74) is 1.97. The summed E-state index contributed by atoms with van der Waals surface area (Å²) in [6.07, 6.45) is 1.09. The van der Waals surface area contributed by atoms with Gasteiger partial charge in [-0.2, -0.15) is 0 Å². The van der Waals surface area contributed by atoms with E-state index < -0.39 is 22.0 Å². The Balaban J connectivity index is 2.33. The number of para-hydroxylation sites is 1. The molecule has 0 spiro atoms. The first kappa shape index (κ1) is 18.5. The third-order valence-corrected chi connectivity index (χ3v) is 5.41. The van der Waals surface area contributed by atoms with Crippen LogP contribution in [0.5, 0.6) is 0 Å². The zero-order valence-electron chi connectivity index (χ0n) is 13.7. The van der Waals surface area contributed by atoms with Crippen molar-refractivity contribution in [3.8, 4) is 0 Å². The van der Waals surface area contributed by atoms with Gasteiger partial charge in [0.2, 0.25) is 15.9 Å². The average Bonchev–Trinajstić information content (AvgIpc) is 2.48. The fourth-order valence-corrected chi connectivity index (χ4v) is 3.92. The maximum Gasteiger partial charge on any atom is 0.248 e. The highest BCUT2D eigenvalue weighted by molar-refractivity contribution is 9.10. The van der Waals surface area contributed by atoms with Crippen LogP contribution in [0.1, 0.15) is 12.5 Å². The Morgan fingerprint density at radius 3 is 2.42 bits per heavy atom. The standard InChI is InChI=1S/C17H19BrN2O3S/c1-12-7-6-8-14(11-12)20(24(3,22)23)13(2)17(21)19-16-10-5-4-9-15(16)18/h4-11,13H,1-3H3,(H,19,21). The van der Waals surface area contributed by atoms with Gasteiger partial charge in [0.05, 0.1) is 17.6 Å². The first-order valence-electron chi connectivity index (χ1n) is 7.31. The number of carbonyl (C=O) groups is 1. The second-order valence-corrected chi connectivity index (χ2v) is 8.26. The number of nitrogens with zero attached hydrogens (tertiary/aromatic N) is 1. The maximum atomic E-state index is 12.6. The topological polar surface area (TPSA) is 66.5 Å². The number of aryl methyl sites for hydroxylation is 1. The van der Waals surface area contributed by atoms with Gasteiger partial charge in [-0.05, 0) is 59.6 Å². The summed E-state index contributed by atoms with van der Waals surface area (Å²) >= 11 is 3.36. The van der Waals surface area contributed by atoms with Gasteiger partial charge in [0.1, 0.15) is 6.04 Å². The SMILES string of the molecule is Cc1cccc(N(C(C)C(=O)Nc2ccccc2Br)S(C)(=O)=O)c1. The molecule has 0 bridgehead atoms. The van der Waals surface area contributed by atoms with E-state index in [0.717, 1.165) is 20.6 Å². The lowest BCUT2D eigenvalue weighted by Crippen LogP contribution is -2.45. The van der Waals surface area contributed by atoms with Gasteiger partial charge in [-0.15, -0.1) is 0 Å². The number of sulfonamides is 1. The van der Waals surface area contributed by atoms with Crippen molar-refractivity contribution in [2.45, 2.75) is 19.9 Å². The van der Waals surface area contributed by atoms with E-state index in [2.05, 4.69) is 21.2 Å². The van der Waals surface area contributed by atoms with Crippen LogP contribution in [0.3, 0.4) is 0 Å². The van der Waals surface area contributed by atoms with Gasteiger partial charge in [-0.25, -0.2) is 8.42 Å². The van der Waals surface area contributed by atoms with E-state index in [9.17, 15) is 13.2 Å². The zero-order valence-corrected chi connectivity index (χ0v) is 16.1. The minimum Gasteiger partial charge on any atom is -0.323 e. The number of hydrogen-bond acceptors (Lipinski definition) is 3. The largest absolute Gasteiger partial charge is 0.323 e. The van der Waals surface area contributed by atoms with Crippen molar-refractivity contribution in [1.29, 1.82) is 0 Å². The molecule has 128 valence electrons. The minimum absolute atomic E-state index is 0.408. The predicted octanol–water partition coefficient (Wildman–Crippen LogP) is 3.55. The molecule has 0 aliphatic rings. The van der Waals surface area contributed by atoms with E-state index in [1.807, 2.05) is 19.1 Å². The highest BCUT2D eigenvalue weighted by atomic mass is 79.9. The van der Waals surface area contributed by atoms with Crippen LogP contribution in [0, 0.1) is 6.92 Å². The molecule has 24 heavy (non-hydrogen) atoms. The van der Waals surface area contributed by atoms with E-state index in [0.29, 0.717) is 11.4 Å². The summed E-state index contributed by atoms with van der Waals surface area (Å²) in [6, 6.07) is 13.3. The number of benzene rings is 2. The molecule has 0 fully saturated rings. The Morgan fingerprint density at radius 2 is 1.83 bits per heavy atom. The van der Waals surface area contributed by atoms with Gasteiger partial charge in [-0.3, -0.25) is 9.10 Å². The van der Waals surface area contributed by atoms with E-state index in [1.54, 1.807) is 43.3 Å². The lowest BCUT2D eigenvalue weighted by atomic mass is 10.2. The molecule has 1 N–H and O–H groups in total. The molecular weight excluding hydrogens is 392 g/mol. The summed E-state index contributed by atoms with van der Waals surface area (Å²) in [5.74, 6) is -0.408. The summed E-state index contributed by atoms with van der Waals surface area (Å²) in [4.78, 5) is 12.6. The third-order valence-electron chi connectivity index (χ3n) is 3.48. The summed E-state index contributed by atoms with van der Waals surface area (Å²) in [7, 11) is -3.62. The lowest BCUT2D eigenvalue weighted by Gasteiger charge is -2.28. The van der Waals surface area contributed by atoms with Crippen molar-refractivity contribution >= 4 is 43.2 Å². The molecule has 2 aromatic rings. The Kier molecular flexibility index (Phi) is 5.66. The maximum absolute atomic E-state index is 12.6. The van der Waals surface area contributed by atoms with Gasteiger partial charge in [0.15, 0.2) is 0 Å². The van der Waals surface area contributed by atoms with Crippen LogP contribution in [0.15, 0.2) is 53.0 Å². The normalized spacial score (nSPS) is 12.5. The van der Waals surface area contributed by atoms with Crippen molar-refractivity contribution in [1.82, 2.24) is 0 Å². The second kappa shape index (κ2) is 7.36. The fourth-order valence-electron chi connectivity index (χ4n) is 2.37. The van der Waals surface area contributed by atoms with Gasteiger partial charge >= 0.3 is 0 Å². The first-order valence-corrected chi connectivity index (χ1v) is 9.96. The van der Waals surface area contributed by atoms with Gasteiger partial charge < -0.3 is 5.32 Å². The summed E-state index contributed by atoms with van der Waals surface area (Å²) in [6.45, 7) is 3.44. The van der Waals surface area contributed by atoms with Crippen molar-refractivity contribution in [3.05, 3.63) is 58.6 Å². The van der Waals surface area contributed by atoms with Crippen molar-refractivity contribution in [2.24, 2.45) is 0 Å². The van der Waals surface area contributed by atoms with E-state index >= 15 is 0 Å². The van der Waals surface area contributed by atoms with Gasteiger partial charge in [-0.1, -0.05) is 24.3 Å². The molecule has 0 aliphatic heterocycles. The minimum atomic E-state index is -3.62. The van der Waals surface area contributed by atoms with Crippen LogP contribution in [0.25, 0.3) is 0 Å². The average molecular weight is 411 g/mol. The zero-order chi connectivity index (χ0) is 17.9. The Hall–Kier alpha value is -1.86. The molecule has 1 atom stereocenters. The number of anilines is 2. The van der Waals surface area contributed by atoms with Crippen molar-refractivity contribution in [3.63, 3.8) is 0 Å². The Bertz CT molecular complexity index is 852. The summed E-state index contributed by atoms with van der Waals surface area (Å²) in [5, 5.41) is 2.75. The third kappa shape index (κ3) is 4.36. The molecule has 0 aromatic heterocycles. The molecule has 5 nitrogen and oxygen atoms in total. The number of halogens is 1. The van der Waals surface area contributed by atoms with Crippen molar-refractivity contribution < 1.29 is 13.2 Å². The number of rotatable bonds is 5. The van der Waals surface area contributed by atoms with E-state index in [1.165, 1.54) is 0 Å². The predicted molar refractivity (Wildman–Crippen MR) is 101 cm³/mol. The first-order chi connectivity index (χ1) is 11.2. The molecule has 0 heterocycles. The molecule has 0 saturated heterocycles. The van der Waals surface area contributed by atoms with Crippen molar-refractivity contribution in [2.75, 3.05) is 15.9 Å². The lowest BCUT2D eigenvalue weighted by molar-refractivity contribution is -0.116.